The second-order valence-electron chi connectivity index (χ2n) is 4.68. The molecule has 0 amide bonds. The molecular weight excluding hydrogens is 196 g/mol. The topological polar surface area (TPSA) is 15.3 Å². The lowest BCUT2D eigenvalue weighted by atomic mass is 10.0. The zero-order valence-corrected chi connectivity index (χ0v) is 10.8. The summed E-state index contributed by atoms with van der Waals surface area (Å²) in [4.78, 5) is 2.53. The monoisotopic (exact) mass is 218 g/mol. The summed E-state index contributed by atoms with van der Waals surface area (Å²) in [7, 11) is 0. The number of likely N-dealkylation sites (N-methyl/N-ethyl adjacent to an activating group) is 1. The van der Waals surface area contributed by atoms with E-state index in [1.165, 1.54) is 28.9 Å². The van der Waals surface area contributed by atoms with Crippen molar-refractivity contribution >= 4 is 11.4 Å². The van der Waals surface area contributed by atoms with Crippen molar-refractivity contribution in [2.24, 2.45) is 0 Å². The van der Waals surface area contributed by atoms with Gasteiger partial charge in [-0.15, -0.1) is 0 Å². The number of rotatable bonds is 2. The van der Waals surface area contributed by atoms with E-state index in [1.807, 2.05) is 0 Å². The van der Waals surface area contributed by atoms with Crippen molar-refractivity contribution in [1.29, 1.82) is 0 Å². The molecule has 2 rings (SSSR count). The fourth-order valence-corrected chi connectivity index (χ4v) is 2.51. The normalized spacial score (nSPS) is 19.2. The Morgan fingerprint density at radius 1 is 1.25 bits per heavy atom. The summed E-state index contributed by atoms with van der Waals surface area (Å²) in [5.41, 5.74) is 5.44. The van der Waals surface area contributed by atoms with Gasteiger partial charge in [0.2, 0.25) is 0 Å². The standard InChI is InChI=1S/C14H22N2/c1-5-12-9-15-13-7-10(3)11(4)8-14(13)16(12)6-2/h7-8,12,15H,5-6,9H2,1-4H3. The molecule has 0 aromatic heterocycles. The second kappa shape index (κ2) is 4.36. The van der Waals surface area contributed by atoms with Gasteiger partial charge in [-0.05, 0) is 50.5 Å². The van der Waals surface area contributed by atoms with Gasteiger partial charge in [-0.3, -0.25) is 0 Å². The lowest BCUT2D eigenvalue weighted by Crippen LogP contribution is -2.43. The minimum Gasteiger partial charge on any atom is -0.381 e. The van der Waals surface area contributed by atoms with E-state index in [1.54, 1.807) is 0 Å². The molecule has 0 radical (unpaired) electrons. The molecule has 1 aliphatic rings. The third-order valence-electron chi connectivity index (χ3n) is 3.70. The van der Waals surface area contributed by atoms with Gasteiger partial charge in [0.25, 0.3) is 0 Å². The molecule has 0 spiro atoms. The van der Waals surface area contributed by atoms with Crippen molar-refractivity contribution in [3.05, 3.63) is 23.3 Å². The van der Waals surface area contributed by atoms with Gasteiger partial charge in [-0.25, -0.2) is 0 Å². The van der Waals surface area contributed by atoms with E-state index in [-0.39, 0.29) is 0 Å². The van der Waals surface area contributed by atoms with Crippen LogP contribution in [0, 0.1) is 13.8 Å². The molecule has 0 aliphatic carbocycles. The molecule has 1 aliphatic heterocycles. The maximum Gasteiger partial charge on any atom is 0.0607 e. The zero-order chi connectivity index (χ0) is 11.7. The van der Waals surface area contributed by atoms with Crippen LogP contribution >= 0.6 is 0 Å². The Balaban J connectivity index is 2.44. The van der Waals surface area contributed by atoms with Crippen LogP contribution in [0.2, 0.25) is 0 Å². The minimum atomic E-state index is 0.639. The Kier molecular flexibility index (Phi) is 3.08. The predicted octanol–water partition coefficient (Wildman–Crippen LogP) is 3.33. The average molecular weight is 218 g/mol. The molecule has 1 unspecified atom stereocenters. The fourth-order valence-electron chi connectivity index (χ4n) is 2.51. The van der Waals surface area contributed by atoms with Gasteiger partial charge in [0, 0.05) is 19.1 Å². The van der Waals surface area contributed by atoms with E-state index >= 15 is 0 Å². The number of nitrogens with one attached hydrogen (secondary N) is 1. The van der Waals surface area contributed by atoms with Crippen LogP contribution in [-0.4, -0.2) is 19.1 Å². The van der Waals surface area contributed by atoms with E-state index in [4.69, 9.17) is 0 Å². The molecule has 2 nitrogen and oxygen atoms in total. The van der Waals surface area contributed by atoms with Gasteiger partial charge in [0.15, 0.2) is 0 Å². The quantitative estimate of drug-likeness (QED) is 0.819. The highest BCUT2D eigenvalue weighted by molar-refractivity contribution is 5.74. The Morgan fingerprint density at radius 3 is 2.56 bits per heavy atom. The summed E-state index contributed by atoms with van der Waals surface area (Å²) in [6.45, 7) is 11.0. The van der Waals surface area contributed by atoms with E-state index in [0.29, 0.717) is 6.04 Å². The molecule has 0 fully saturated rings. The van der Waals surface area contributed by atoms with Crippen molar-refractivity contribution in [2.75, 3.05) is 23.3 Å². The van der Waals surface area contributed by atoms with Crippen LogP contribution in [0.25, 0.3) is 0 Å². The van der Waals surface area contributed by atoms with Crippen LogP contribution in [-0.2, 0) is 0 Å². The van der Waals surface area contributed by atoms with Crippen LogP contribution in [0.4, 0.5) is 11.4 Å². The summed E-state index contributed by atoms with van der Waals surface area (Å²) in [6.07, 6.45) is 1.20. The smallest absolute Gasteiger partial charge is 0.0607 e. The largest absolute Gasteiger partial charge is 0.381 e. The lowest BCUT2D eigenvalue weighted by Gasteiger charge is -2.39. The molecular formula is C14H22N2. The SMILES string of the molecule is CCC1CNc2cc(C)c(C)cc2N1CC. The maximum atomic E-state index is 3.55. The van der Waals surface area contributed by atoms with E-state index in [2.05, 4.69) is 50.0 Å². The highest BCUT2D eigenvalue weighted by Gasteiger charge is 2.23. The molecule has 0 saturated carbocycles. The Morgan fingerprint density at radius 2 is 1.94 bits per heavy atom. The minimum absolute atomic E-state index is 0.639. The molecule has 88 valence electrons. The van der Waals surface area contributed by atoms with Crippen molar-refractivity contribution in [1.82, 2.24) is 0 Å². The van der Waals surface area contributed by atoms with E-state index < -0.39 is 0 Å². The molecule has 0 bridgehead atoms. The third kappa shape index (κ3) is 1.77. The Labute approximate surface area is 98.7 Å². The molecule has 1 heterocycles. The molecule has 1 atom stereocenters. The number of anilines is 2. The van der Waals surface area contributed by atoms with Crippen LogP contribution in [0.3, 0.4) is 0 Å². The average Bonchev–Trinajstić information content (AvgIpc) is 2.29. The van der Waals surface area contributed by atoms with Crippen molar-refractivity contribution in [2.45, 2.75) is 40.2 Å². The molecule has 2 heteroatoms. The fraction of sp³-hybridized carbons (Fsp3) is 0.571. The molecule has 1 aromatic carbocycles. The first-order chi connectivity index (χ1) is 7.67. The van der Waals surface area contributed by atoms with Crippen molar-refractivity contribution in [3.63, 3.8) is 0 Å². The molecule has 16 heavy (non-hydrogen) atoms. The third-order valence-corrected chi connectivity index (χ3v) is 3.70. The van der Waals surface area contributed by atoms with Gasteiger partial charge in [0.05, 0.1) is 11.4 Å². The van der Waals surface area contributed by atoms with Crippen LogP contribution in [0.5, 0.6) is 0 Å². The highest BCUT2D eigenvalue weighted by Crippen LogP contribution is 2.34. The van der Waals surface area contributed by atoms with Crippen LogP contribution in [0.1, 0.15) is 31.4 Å². The summed E-state index contributed by atoms with van der Waals surface area (Å²) in [6, 6.07) is 5.24. The van der Waals surface area contributed by atoms with Crippen LogP contribution in [0.15, 0.2) is 12.1 Å². The molecule has 1 aromatic rings. The molecule has 1 N–H and O–H groups in total. The number of nitrogens with zero attached hydrogens (tertiary/aromatic N) is 1. The van der Waals surface area contributed by atoms with Gasteiger partial charge < -0.3 is 10.2 Å². The van der Waals surface area contributed by atoms with E-state index in [9.17, 15) is 0 Å². The number of benzene rings is 1. The van der Waals surface area contributed by atoms with Gasteiger partial charge in [0.1, 0.15) is 0 Å². The van der Waals surface area contributed by atoms with Gasteiger partial charge in [-0.1, -0.05) is 6.92 Å². The van der Waals surface area contributed by atoms with Gasteiger partial charge >= 0.3 is 0 Å². The molecule has 0 saturated heterocycles. The van der Waals surface area contributed by atoms with Crippen molar-refractivity contribution in [3.8, 4) is 0 Å². The Bertz CT molecular complexity index is 385. The van der Waals surface area contributed by atoms with Gasteiger partial charge in [-0.2, -0.15) is 0 Å². The number of hydrogen-bond acceptors (Lipinski definition) is 2. The Hall–Kier alpha value is -1.18. The second-order valence-corrected chi connectivity index (χ2v) is 4.68. The maximum absolute atomic E-state index is 3.55. The lowest BCUT2D eigenvalue weighted by molar-refractivity contribution is 0.593. The number of aryl methyl sites for hydroxylation is 2. The van der Waals surface area contributed by atoms with Crippen LogP contribution < -0.4 is 10.2 Å². The summed E-state index contributed by atoms with van der Waals surface area (Å²) < 4.78 is 0. The number of fused-ring (bicyclic) bond motifs is 1. The first kappa shape index (κ1) is 11.3. The summed E-state index contributed by atoms with van der Waals surface area (Å²) in [5.74, 6) is 0. The highest BCUT2D eigenvalue weighted by atomic mass is 15.2. The summed E-state index contributed by atoms with van der Waals surface area (Å²) in [5, 5.41) is 3.55. The van der Waals surface area contributed by atoms with E-state index in [0.717, 1.165) is 13.1 Å². The first-order valence-corrected chi connectivity index (χ1v) is 6.29. The summed E-state index contributed by atoms with van der Waals surface area (Å²) >= 11 is 0. The first-order valence-electron chi connectivity index (χ1n) is 6.29. The zero-order valence-electron chi connectivity index (χ0n) is 10.8. The number of hydrogen-bond donors (Lipinski definition) is 1. The van der Waals surface area contributed by atoms with Crippen molar-refractivity contribution < 1.29 is 0 Å². The predicted molar refractivity (Wildman–Crippen MR) is 71.5 cm³/mol.